The first-order valence-corrected chi connectivity index (χ1v) is 7.98. The molecule has 8 nitrogen and oxygen atoms in total. The van der Waals surface area contributed by atoms with Gasteiger partial charge in [0, 0.05) is 16.4 Å². The Bertz CT molecular complexity index is 985. The lowest BCUT2D eigenvalue weighted by molar-refractivity contribution is 0.102. The summed E-state index contributed by atoms with van der Waals surface area (Å²) in [5.41, 5.74) is 7.33. The summed E-state index contributed by atoms with van der Waals surface area (Å²) in [5.74, 6) is -0.424. The second-order valence-corrected chi connectivity index (χ2v) is 5.86. The van der Waals surface area contributed by atoms with Gasteiger partial charge in [-0.3, -0.25) is 4.79 Å². The van der Waals surface area contributed by atoms with Crippen molar-refractivity contribution < 1.29 is 9.59 Å². The van der Waals surface area contributed by atoms with E-state index >= 15 is 0 Å². The maximum absolute atomic E-state index is 12.5. The average Bonchev–Trinajstić information content (AvgIpc) is 2.96. The van der Waals surface area contributed by atoms with Gasteiger partial charge in [-0.25, -0.2) is 4.79 Å². The quantitative estimate of drug-likeness (QED) is 0.654. The number of hydrogen-bond acceptors (Lipinski definition) is 4. The van der Waals surface area contributed by atoms with Gasteiger partial charge in [0.15, 0.2) is 5.69 Å². The topological polar surface area (TPSA) is 115 Å². The molecular weight excluding hydrogens is 356 g/mol. The second-order valence-electron chi connectivity index (χ2n) is 5.43. The minimum absolute atomic E-state index is 0.179. The summed E-state index contributed by atoms with van der Waals surface area (Å²) in [6.07, 6.45) is 0. The van der Waals surface area contributed by atoms with Crippen LogP contribution >= 0.6 is 11.6 Å². The van der Waals surface area contributed by atoms with Crippen LogP contribution in [0, 0.1) is 6.92 Å². The van der Waals surface area contributed by atoms with E-state index in [1.165, 1.54) is 4.80 Å². The molecule has 0 aliphatic rings. The van der Waals surface area contributed by atoms with E-state index in [9.17, 15) is 9.59 Å². The monoisotopic (exact) mass is 370 g/mol. The third-order valence-corrected chi connectivity index (χ3v) is 3.66. The highest BCUT2D eigenvalue weighted by atomic mass is 35.5. The fourth-order valence-electron chi connectivity index (χ4n) is 2.31. The largest absolute Gasteiger partial charge is 0.351 e. The van der Waals surface area contributed by atoms with Crippen molar-refractivity contribution in [3.05, 3.63) is 64.9 Å². The summed E-state index contributed by atoms with van der Waals surface area (Å²) in [7, 11) is 0. The van der Waals surface area contributed by atoms with E-state index < -0.39 is 11.9 Å². The Labute approximate surface area is 154 Å². The molecule has 2 aromatic carbocycles. The van der Waals surface area contributed by atoms with E-state index in [2.05, 4.69) is 20.8 Å². The van der Waals surface area contributed by atoms with E-state index in [0.717, 1.165) is 0 Å². The van der Waals surface area contributed by atoms with Gasteiger partial charge in [0.25, 0.3) is 5.91 Å². The molecule has 0 saturated heterocycles. The number of aryl methyl sites for hydroxylation is 1. The lowest BCUT2D eigenvalue weighted by Gasteiger charge is -2.06. The highest BCUT2D eigenvalue weighted by molar-refractivity contribution is 6.30. The first-order chi connectivity index (χ1) is 12.4. The molecule has 3 amide bonds. The maximum atomic E-state index is 12.5. The minimum Gasteiger partial charge on any atom is -0.351 e. The third kappa shape index (κ3) is 3.98. The molecule has 132 valence electrons. The Morgan fingerprint density at radius 1 is 1.04 bits per heavy atom. The van der Waals surface area contributed by atoms with Crippen LogP contribution in [0.3, 0.4) is 0 Å². The fraction of sp³-hybridized carbons (Fsp3) is 0.0588. The summed E-state index contributed by atoms with van der Waals surface area (Å²) in [5, 5.41) is 14.2. The van der Waals surface area contributed by atoms with Crippen LogP contribution in [-0.4, -0.2) is 26.9 Å². The van der Waals surface area contributed by atoms with Gasteiger partial charge in [-0.15, -0.1) is 5.10 Å². The summed E-state index contributed by atoms with van der Waals surface area (Å²) in [6.45, 7) is 1.69. The van der Waals surface area contributed by atoms with E-state index in [4.69, 9.17) is 17.3 Å². The molecule has 0 unspecified atom stereocenters. The summed E-state index contributed by atoms with van der Waals surface area (Å²) in [6, 6.07) is 12.9. The van der Waals surface area contributed by atoms with E-state index in [1.807, 2.05) is 0 Å². The molecule has 26 heavy (non-hydrogen) atoms. The number of halogens is 1. The van der Waals surface area contributed by atoms with Crippen LogP contribution in [0.1, 0.15) is 16.2 Å². The highest BCUT2D eigenvalue weighted by Gasteiger charge is 2.17. The minimum atomic E-state index is -0.686. The Morgan fingerprint density at radius 3 is 2.42 bits per heavy atom. The molecule has 4 N–H and O–H groups in total. The Hall–Kier alpha value is -3.39. The van der Waals surface area contributed by atoms with Gasteiger partial charge in [0.2, 0.25) is 0 Å². The van der Waals surface area contributed by atoms with Crippen molar-refractivity contribution in [2.75, 3.05) is 10.6 Å². The molecule has 3 rings (SSSR count). The van der Waals surface area contributed by atoms with Gasteiger partial charge in [-0.1, -0.05) is 23.7 Å². The number of nitrogens with zero attached hydrogens (tertiary/aromatic N) is 3. The second kappa shape index (κ2) is 7.24. The number of nitrogens with two attached hydrogens (primary N) is 1. The number of nitrogens with one attached hydrogen (secondary N) is 2. The number of anilines is 2. The normalized spacial score (nSPS) is 10.4. The van der Waals surface area contributed by atoms with Crippen LogP contribution in [0.15, 0.2) is 48.5 Å². The van der Waals surface area contributed by atoms with Gasteiger partial charge in [-0.05, 0) is 43.3 Å². The SMILES string of the molecule is Cc1nn(-c2cccc(Cl)c2)nc1C(=O)Nc1cccc(NC(N)=O)c1. The summed E-state index contributed by atoms with van der Waals surface area (Å²) >= 11 is 5.98. The molecule has 0 spiro atoms. The van der Waals surface area contributed by atoms with Crippen molar-refractivity contribution in [3.8, 4) is 5.69 Å². The van der Waals surface area contributed by atoms with Crippen molar-refractivity contribution in [2.45, 2.75) is 6.92 Å². The van der Waals surface area contributed by atoms with Crippen molar-refractivity contribution in [1.29, 1.82) is 0 Å². The van der Waals surface area contributed by atoms with Crippen LogP contribution < -0.4 is 16.4 Å². The lowest BCUT2D eigenvalue weighted by atomic mass is 10.2. The van der Waals surface area contributed by atoms with Crippen molar-refractivity contribution in [3.63, 3.8) is 0 Å². The van der Waals surface area contributed by atoms with Gasteiger partial charge >= 0.3 is 6.03 Å². The number of aromatic nitrogens is 3. The number of primary amides is 1. The number of amides is 3. The standard InChI is InChI=1S/C17H15ClN6O2/c1-10-15(23-24(22-10)14-7-2-4-11(18)8-14)16(25)20-12-5-3-6-13(9-12)21-17(19)26/h2-9H,1H3,(H,20,25)(H3,19,21,26). The number of carbonyl (C=O) groups is 2. The number of hydrogen-bond donors (Lipinski definition) is 3. The number of rotatable bonds is 4. The molecular formula is C17H15ClN6O2. The lowest BCUT2D eigenvalue weighted by Crippen LogP contribution is -2.19. The fourth-order valence-corrected chi connectivity index (χ4v) is 2.50. The van der Waals surface area contributed by atoms with Crippen LogP contribution in [-0.2, 0) is 0 Å². The van der Waals surface area contributed by atoms with Crippen molar-refractivity contribution in [1.82, 2.24) is 15.0 Å². The molecule has 0 saturated carbocycles. The molecule has 0 aliphatic heterocycles. The predicted molar refractivity (Wildman–Crippen MR) is 98.7 cm³/mol. The molecule has 9 heteroatoms. The Morgan fingerprint density at radius 2 is 1.73 bits per heavy atom. The van der Waals surface area contributed by atoms with E-state index in [-0.39, 0.29) is 5.69 Å². The van der Waals surface area contributed by atoms with E-state index in [1.54, 1.807) is 55.5 Å². The molecule has 0 bridgehead atoms. The van der Waals surface area contributed by atoms with Crippen molar-refractivity contribution in [2.24, 2.45) is 5.73 Å². The predicted octanol–water partition coefficient (Wildman–Crippen LogP) is 2.97. The number of carbonyl (C=O) groups excluding carboxylic acids is 2. The number of urea groups is 1. The maximum Gasteiger partial charge on any atom is 0.316 e. The Balaban J connectivity index is 1.81. The zero-order valence-electron chi connectivity index (χ0n) is 13.7. The first-order valence-electron chi connectivity index (χ1n) is 7.60. The zero-order chi connectivity index (χ0) is 18.7. The Kier molecular flexibility index (Phi) is 4.85. The number of benzene rings is 2. The van der Waals surface area contributed by atoms with Gasteiger partial charge in [-0.2, -0.15) is 9.90 Å². The first kappa shape index (κ1) is 17.4. The van der Waals surface area contributed by atoms with Gasteiger partial charge in [0.1, 0.15) is 0 Å². The molecule has 0 atom stereocenters. The molecule has 3 aromatic rings. The zero-order valence-corrected chi connectivity index (χ0v) is 14.5. The van der Waals surface area contributed by atoms with Gasteiger partial charge in [0.05, 0.1) is 11.4 Å². The van der Waals surface area contributed by atoms with Crippen LogP contribution in [0.2, 0.25) is 5.02 Å². The smallest absolute Gasteiger partial charge is 0.316 e. The van der Waals surface area contributed by atoms with Crippen LogP contribution in [0.4, 0.5) is 16.2 Å². The molecule has 1 aromatic heterocycles. The van der Waals surface area contributed by atoms with E-state index in [0.29, 0.717) is 27.8 Å². The van der Waals surface area contributed by atoms with Crippen LogP contribution in [0.25, 0.3) is 5.69 Å². The molecule has 0 fully saturated rings. The molecule has 0 aliphatic carbocycles. The molecule has 0 radical (unpaired) electrons. The summed E-state index contributed by atoms with van der Waals surface area (Å²) < 4.78 is 0. The molecule has 1 heterocycles. The van der Waals surface area contributed by atoms with Crippen molar-refractivity contribution >= 4 is 34.9 Å². The average molecular weight is 371 g/mol. The van der Waals surface area contributed by atoms with Crippen LogP contribution in [0.5, 0.6) is 0 Å². The highest BCUT2D eigenvalue weighted by Crippen LogP contribution is 2.17. The third-order valence-electron chi connectivity index (χ3n) is 3.42. The summed E-state index contributed by atoms with van der Waals surface area (Å²) in [4.78, 5) is 24.8. The van der Waals surface area contributed by atoms with Gasteiger partial charge < -0.3 is 16.4 Å².